The third-order valence-corrected chi connectivity index (χ3v) is 3.89. The third-order valence-electron chi connectivity index (χ3n) is 3.40. The van der Waals surface area contributed by atoms with Crippen molar-refractivity contribution in [2.45, 2.75) is 39.0 Å². The summed E-state index contributed by atoms with van der Waals surface area (Å²) in [7, 11) is 0. The quantitative estimate of drug-likeness (QED) is 0.405. The number of unbranched alkanes of at least 4 members (excludes halogenated alkanes) is 4. The zero-order valence-corrected chi connectivity index (χ0v) is 14.1. The minimum Gasteiger partial charge on any atom is -0.462 e. The Kier molecular flexibility index (Phi) is 6.19. The van der Waals surface area contributed by atoms with Crippen molar-refractivity contribution < 1.29 is 13.9 Å². The highest BCUT2D eigenvalue weighted by Crippen LogP contribution is 2.19. The maximum Gasteiger partial charge on any atom is 0.351 e. The van der Waals surface area contributed by atoms with Crippen LogP contribution in [0.2, 0.25) is 0 Å². The second-order valence-corrected chi connectivity index (χ2v) is 6.10. The van der Waals surface area contributed by atoms with Crippen LogP contribution in [0.5, 0.6) is 0 Å². The van der Waals surface area contributed by atoms with E-state index in [2.05, 4.69) is 22.9 Å². The normalized spacial score (nSPS) is 10.8. The Morgan fingerprint density at radius 2 is 1.95 bits per heavy atom. The van der Waals surface area contributed by atoms with Gasteiger partial charge in [-0.25, -0.2) is 9.59 Å². The second kappa shape index (κ2) is 8.13. The number of carbonyl (C=O) groups is 1. The number of hydrogen-bond acceptors (Lipinski definition) is 4. The molecule has 0 amide bonds. The summed E-state index contributed by atoms with van der Waals surface area (Å²) in [5, 5.41) is 0.684. The van der Waals surface area contributed by atoms with E-state index in [4.69, 9.17) is 9.15 Å². The van der Waals surface area contributed by atoms with Crippen LogP contribution in [0.4, 0.5) is 0 Å². The van der Waals surface area contributed by atoms with Gasteiger partial charge >= 0.3 is 11.6 Å². The minimum atomic E-state index is -0.661. The van der Waals surface area contributed by atoms with E-state index in [-0.39, 0.29) is 5.56 Å². The molecule has 2 rings (SSSR count). The van der Waals surface area contributed by atoms with Gasteiger partial charge in [-0.15, -0.1) is 0 Å². The van der Waals surface area contributed by atoms with Crippen molar-refractivity contribution in [3.8, 4) is 0 Å². The molecule has 0 bridgehead atoms. The number of carbonyl (C=O) groups excluding carboxylic acids is 1. The summed E-state index contributed by atoms with van der Waals surface area (Å²) in [5.41, 5.74) is -0.269. The van der Waals surface area contributed by atoms with Crippen molar-refractivity contribution in [2.24, 2.45) is 0 Å². The third kappa shape index (κ3) is 4.44. The molecule has 1 aromatic heterocycles. The largest absolute Gasteiger partial charge is 0.462 e. The number of esters is 1. The predicted octanol–water partition coefficient (Wildman–Crippen LogP) is 4.68. The molecule has 0 aliphatic carbocycles. The molecule has 4 nitrogen and oxygen atoms in total. The Labute approximate surface area is 137 Å². The van der Waals surface area contributed by atoms with Gasteiger partial charge in [-0.1, -0.05) is 48.5 Å². The van der Waals surface area contributed by atoms with E-state index in [0.29, 0.717) is 17.6 Å². The maximum atomic E-state index is 12.0. The molecule has 0 unspecified atom stereocenters. The fraction of sp³-hybridized carbons (Fsp3) is 0.412. The van der Waals surface area contributed by atoms with Crippen LogP contribution in [-0.2, 0) is 4.74 Å². The van der Waals surface area contributed by atoms with Gasteiger partial charge in [0.15, 0.2) is 0 Å². The van der Waals surface area contributed by atoms with Gasteiger partial charge in [-0.05, 0) is 30.7 Å². The van der Waals surface area contributed by atoms with Crippen molar-refractivity contribution in [1.82, 2.24) is 0 Å². The number of halogens is 1. The van der Waals surface area contributed by atoms with Crippen molar-refractivity contribution in [1.29, 1.82) is 0 Å². The number of rotatable bonds is 7. The van der Waals surface area contributed by atoms with Crippen LogP contribution in [0.25, 0.3) is 11.0 Å². The summed E-state index contributed by atoms with van der Waals surface area (Å²) < 4.78 is 11.2. The molecule has 0 aliphatic rings. The Hall–Kier alpha value is -1.62. The first kappa shape index (κ1) is 16.7. The fourth-order valence-electron chi connectivity index (χ4n) is 2.18. The molecule has 5 heteroatoms. The van der Waals surface area contributed by atoms with Crippen LogP contribution >= 0.6 is 15.9 Å². The second-order valence-electron chi connectivity index (χ2n) is 5.18. The van der Waals surface area contributed by atoms with Crippen LogP contribution in [0, 0.1) is 0 Å². The molecular weight excluding hydrogens is 348 g/mol. The van der Waals surface area contributed by atoms with E-state index >= 15 is 0 Å². The summed E-state index contributed by atoms with van der Waals surface area (Å²) in [6.45, 7) is 2.48. The number of hydrogen-bond donors (Lipinski definition) is 0. The summed E-state index contributed by atoms with van der Waals surface area (Å²) in [4.78, 5) is 23.8. The Balaban J connectivity index is 2.01. The summed E-state index contributed by atoms with van der Waals surface area (Å²) >= 11 is 3.35. The van der Waals surface area contributed by atoms with Gasteiger partial charge in [-0.2, -0.15) is 0 Å². The lowest BCUT2D eigenvalue weighted by atomic mass is 10.1. The van der Waals surface area contributed by atoms with E-state index in [0.717, 1.165) is 23.7 Å². The lowest BCUT2D eigenvalue weighted by Crippen LogP contribution is -2.17. The van der Waals surface area contributed by atoms with E-state index < -0.39 is 11.6 Å². The van der Waals surface area contributed by atoms with Gasteiger partial charge in [0.05, 0.1) is 6.61 Å². The molecule has 1 heterocycles. The molecular formula is C17H19BrO4. The van der Waals surface area contributed by atoms with Crippen molar-refractivity contribution in [3.63, 3.8) is 0 Å². The van der Waals surface area contributed by atoms with Gasteiger partial charge in [-0.3, -0.25) is 0 Å². The molecule has 0 saturated carbocycles. The first-order valence-electron chi connectivity index (χ1n) is 7.52. The Morgan fingerprint density at radius 3 is 2.73 bits per heavy atom. The van der Waals surface area contributed by atoms with Gasteiger partial charge in [0.1, 0.15) is 11.1 Å². The topological polar surface area (TPSA) is 56.5 Å². The number of benzene rings is 1. The van der Waals surface area contributed by atoms with E-state index in [1.54, 1.807) is 18.2 Å². The molecule has 0 spiro atoms. The average Bonchev–Trinajstić information content (AvgIpc) is 2.50. The summed E-state index contributed by atoms with van der Waals surface area (Å²) in [5.74, 6) is -0.619. The monoisotopic (exact) mass is 366 g/mol. The molecule has 0 fully saturated rings. The molecule has 0 radical (unpaired) electrons. The summed E-state index contributed by atoms with van der Waals surface area (Å²) in [6, 6.07) is 6.77. The lowest BCUT2D eigenvalue weighted by Gasteiger charge is -2.05. The molecule has 0 atom stereocenters. The fourth-order valence-corrected chi connectivity index (χ4v) is 2.56. The molecule has 0 saturated heterocycles. The molecule has 118 valence electrons. The van der Waals surface area contributed by atoms with E-state index in [9.17, 15) is 9.59 Å². The van der Waals surface area contributed by atoms with Gasteiger partial charge in [0.2, 0.25) is 0 Å². The van der Waals surface area contributed by atoms with Gasteiger partial charge in [0.25, 0.3) is 0 Å². The highest BCUT2D eigenvalue weighted by atomic mass is 79.9. The minimum absolute atomic E-state index is 0.0563. The van der Waals surface area contributed by atoms with E-state index in [1.807, 2.05) is 0 Å². The molecule has 0 aliphatic heterocycles. The molecule has 22 heavy (non-hydrogen) atoms. The number of ether oxygens (including phenoxy) is 1. The molecule has 0 N–H and O–H groups in total. The van der Waals surface area contributed by atoms with Crippen molar-refractivity contribution in [3.05, 3.63) is 44.7 Å². The lowest BCUT2D eigenvalue weighted by molar-refractivity contribution is 0.0493. The first-order chi connectivity index (χ1) is 10.6. The van der Waals surface area contributed by atoms with Gasteiger partial charge < -0.3 is 9.15 Å². The van der Waals surface area contributed by atoms with Crippen LogP contribution in [0.3, 0.4) is 0 Å². The zero-order chi connectivity index (χ0) is 15.9. The Morgan fingerprint density at radius 1 is 1.18 bits per heavy atom. The van der Waals surface area contributed by atoms with Crippen LogP contribution in [0.1, 0.15) is 49.4 Å². The molecule has 2 aromatic rings. The van der Waals surface area contributed by atoms with Crippen LogP contribution in [0.15, 0.2) is 37.9 Å². The van der Waals surface area contributed by atoms with Crippen LogP contribution < -0.4 is 5.63 Å². The highest BCUT2D eigenvalue weighted by Gasteiger charge is 2.15. The standard InChI is InChI=1S/C17H19BrO4/c1-2-3-4-5-6-9-21-16(19)14-11-12-10-13(18)7-8-15(12)22-17(14)20/h7-8,10-11H,2-6,9H2,1H3. The highest BCUT2D eigenvalue weighted by molar-refractivity contribution is 9.10. The molecule has 1 aromatic carbocycles. The van der Waals surface area contributed by atoms with Crippen molar-refractivity contribution in [2.75, 3.05) is 6.61 Å². The van der Waals surface area contributed by atoms with Crippen molar-refractivity contribution >= 4 is 32.9 Å². The average molecular weight is 367 g/mol. The smallest absolute Gasteiger partial charge is 0.351 e. The Bertz CT molecular complexity index is 705. The van der Waals surface area contributed by atoms with E-state index in [1.165, 1.54) is 18.9 Å². The first-order valence-corrected chi connectivity index (χ1v) is 8.31. The van der Waals surface area contributed by atoms with Crippen LogP contribution in [-0.4, -0.2) is 12.6 Å². The zero-order valence-electron chi connectivity index (χ0n) is 12.6. The van der Waals surface area contributed by atoms with Gasteiger partial charge in [0, 0.05) is 9.86 Å². The predicted molar refractivity (Wildman–Crippen MR) is 89.2 cm³/mol. The number of fused-ring (bicyclic) bond motifs is 1. The maximum absolute atomic E-state index is 12.0. The summed E-state index contributed by atoms with van der Waals surface area (Å²) in [6.07, 6.45) is 5.35. The SMILES string of the molecule is CCCCCCCOC(=O)c1cc2cc(Br)ccc2oc1=O.